The van der Waals surface area contributed by atoms with Crippen molar-refractivity contribution in [2.75, 3.05) is 5.73 Å². The minimum Gasteiger partial charge on any atom is -0.399 e. The number of hydrogen-bond acceptors (Lipinski definition) is 4. The normalized spacial score (nSPS) is 26.6. The minimum atomic E-state index is -2.06. The molecule has 110 valence electrons. The van der Waals surface area contributed by atoms with Crippen molar-refractivity contribution in [2.45, 2.75) is 30.6 Å². The van der Waals surface area contributed by atoms with Crippen molar-refractivity contribution in [1.29, 1.82) is 0 Å². The Bertz CT molecular complexity index is 666. The van der Waals surface area contributed by atoms with Gasteiger partial charge in [-0.05, 0) is 36.6 Å². The molecule has 0 aromatic heterocycles. The Balaban J connectivity index is 2.10. The Labute approximate surface area is 124 Å². The maximum Gasteiger partial charge on any atom is 0.209 e. The summed E-state index contributed by atoms with van der Waals surface area (Å²) in [6.07, 6.45) is 0.632. The average molecular weight is 284 g/mol. The van der Waals surface area contributed by atoms with Gasteiger partial charge in [0.05, 0.1) is 5.54 Å². The summed E-state index contributed by atoms with van der Waals surface area (Å²) in [5, 5.41) is 21.0. The molecule has 0 fully saturated rings. The van der Waals surface area contributed by atoms with Crippen LogP contribution in [0.2, 0.25) is 0 Å². The van der Waals surface area contributed by atoms with E-state index in [0.717, 1.165) is 11.1 Å². The molecule has 3 rings (SSSR count). The van der Waals surface area contributed by atoms with E-state index in [1.54, 1.807) is 25.1 Å². The lowest BCUT2D eigenvalue weighted by atomic mass is 9.80. The first-order chi connectivity index (χ1) is 9.84. The number of anilines is 1. The van der Waals surface area contributed by atoms with Gasteiger partial charge in [0, 0.05) is 17.2 Å². The van der Waals surface area contributed by atoms with E-state index in [2.05, 4.69) is 0 Å². The van der Waals surface area contributed by atoms with E-state index in [-0.39, 0.29) is 5.92 Å². The third-order valence-corrected chi connectivity index (χ3v) is 4.58. The number of aliphatic hydroxyl groups is 2. The van der Waals surface area contributed by atoms with E-state index in [4.69, 9.17) is 11.5 Å². The summed E-state index contributed by atoms with van der Waals surface area (Å²) < 4.78 is 0. The first-order valence-corrected chi connectivity index (χ1v) is 7.01. The van der Waals surface area contributed by atoms with Crippen LogP contribution in [0.3, 0.4) is 0 Å². The molecule has 2 aromatic rings. The Morgan fingerprint density at radius 2 is 1.76 bits per heavy atom. The third kappa shape index (κ3) is 2.03. The van der Waals surface area contributed by atoms with Crippen molar-refractivity contribution in [3.63, 3.8) is 0 Å². The molecule has 6 N–H and O–H groups in total. The zero-order chi connectivity index (χ0) is 15.3. The molecule has 0 spiro atoms. The summed E-state index contributed by atoms with van der Waals surface area (Å²) in [7, 11) is 0. The highest BCUT2D eigenvalue weighted by atomic mass is 16.5. The van der Waals surface area contributed by atoms with E-state index >= 15 is 0 Å². The smallest absolute Gasteiger partial charge is 0.209 e. The molecule has 0 bridgehead atoms. The number of nitrogen functional groups attached to an aromatic ring is 1. The van der Waals surface area contributed by atoms with Gasteiger partial charge in [0.2, 0.25) is 5.79 Å². The predicted molar refractivity (Wildman–Crippen MR) is 82.4 cm³/mol. The average Bonchev–Trinajstić information content (AvgIpc) is 2.58. The molecule has 4 heteroatoms. The van der Waals surface area contributed by atoms with Gasteiger partial charge >= 0.3 is 0 Å². The summed E-state index contributed by atoms with van der Waals surface area (Å²) in [6, 6.07) is 15.0. The molecule has 0 heterocycles. The van der Waals surface area contributed by atoms with E-state index < -0.39 is 11.3 Å². The molecule has 4 nitrogen and oxygen atoms in total. The van der Waals surface area contributed by atoms with E-state index in [1.165, 1.54) is 0 Å². The second-order valence-corrected chi connectivity index (χ2v) is 6.04. The molecular weight excluding hydrogens is 264 g/mol. The van der Waals surface area contributed by atoms with Gasteiger partial charge in [0.15, 0.2) is 0 Å². The van der Waals surface area contributed by atoms with Crippen LogP contribution in [0.4, 0.5) is 5.69 Å². The monoisotopic (exact) mass is 284 g/mol. The molecule has 0 radical (unpaired) electrons. The van der Waals surface area contributed by atoms with Crippen LogP contribution < -0.4 is 11.5 Å². The Morgan fingerprint density at radius 1 is 1.10 bits per heavy atom. The highest BCUT2D eigenvalue weighted by molar-refractivity contribution is 5.53. The summed E-state index contributed by atoms with van der Waals surface area (Å²) >= 11 is 0. The summed E-state index contributed by atoms with van der Waals surface area (Å²) in [5.41, 5.74) is 13.9. The number of benzene rings is 2. The largest absolute Gasteiger partial charge is 0.399 e. The maximum atomic E-state index is 10.5. The zero-order valence-electron chi connectivity index (χ0n) is 12.0. The van der Waals surface area contributed by atoms with Crippen LogP contribution >= 0.6 is 0 Å². The van der Waals surface area contributed by atoms with Crippen molar-refractivity contribution in [1.82, 2.24) is 0 Å². The molecule has 0 aliphatic heterocycles. The molecule has 0 amide bonds. The van der Waals surface area contributed by atoms with E-state index in [9.17, 15) is 10.2 Å². The molecule has 0 saturated carbocycles. The molecule has 2 aromatic carbocycles. The van der Waals surface area contributed by atoms with Gasteiger partial charge in [-0.3, -0.25) is 0 Å². The van der Waals surface area contributed by atoms with Gasteiger partial charge in [-0.1, -0.05) is 36.4 Å². The van der Waals surface area contributed by atoms with Crippen molar-refractivity contribution in [3.8, 4) is 0 Å². The van der Waals surface area contributed by atoms with Crippen LogP contribution in [0, 0.1) is 0 Å². The van der Waals surface area contributed by atoms with Crippen molar-refractivity contribution in [3.05, 3.63) is 65.2 Å². The highest BCUT2D eigenvalue weighted by Gasteiger charge is 2.57. The highest BCUT2D eigenvalue weighted by Crippen LogP contribution is 2.50. The first kappa shape index (κ1) is 14.1. The Hall–Kier alpha value is -1.88. The number of rotatable bonds is 2. The van der Waals surface area contributed by atoms with Crippen LogP contribution in [-0.2, 0) is 12.2 Å². The van der Waals surface area contributed by atoms with Crippen LogP contribution in [-0.4, -0.2) is 15.8 Å². The topological polar surface area (TPSA) is 92.5 Å². The van der Waals surface area contributed by atoms with Gasteiger partial charge in [-0.25, -0.2) is 0 Å². The van der Waals surface area contributed by atoms with Gasteiger partial charge in [-0.2, -0.15) is 0 Å². The Morgan fingerprint density at radius 3 is 2.43 bits per heavy atom. The van der Waals surface area contributed by atoms with E-state index in [0.29, 0.717) is 17.7 Å². The fourth-order valence-corrected chi connectivity index (χ4v) is 3.21. The second kappa shape index (κ2) is 4.56. The van der Waals surface area contributed by atoms with Crippen LogP contribution in [0.1, 0.15) is 29.5 Å². The van der Waals surface area contributed by atoms with Gasteiger partial charge in [-0.15, -0.1) is 0 Å². The fourth-order valence-electron chi connectivity index (χ4n) is 3.21. The van der Waals surface area contributed by atoms with Crippen LogP contribution in [0.15, 0.2) is 48.5 Å². The minimum absolute atomic E-state index is 0.214. The molecule has 21 heavy (non-hydrogen) atoms. The first-order valence-electron chi connectivity index (χ1n) is 7.01. The second-order valence-electron chi connectivity index (χ2n) is 6.04. The van der Waals surface area contributed by atoms with Gasteiger partial charge < -0.3 is 21.7 Å². The molecule has 1 aliphatic rings. The molecule has 0 saturated heterocycles. The lowest BCUT2D eigenvalue weighted by Gasteiger charge is -2.36. The van der Waals surface area contributed by atoms with Crippen molar-refractivity contribution >= 4 is 5.69 Å². The number of hydrogen-bond donors (Lipinski definition) is 4. The lowest BCUT2D eigenvalue weighted by molar-refractivity contribution is -0.210. The Kier molecular flexibility index (Phi) is 3.06. The van der Waals surface area contributed by atoms with Gasteiger partial charge in [0.1, 0.15) is 0 Å². The fraction of sp³-hybridized carbons (Fsp3) is 0.294. The SMILES string of the molecule is CC1(N)C(Cc2ccccc2)c2cc(N)ccc2C1(O)O. The van der Waals surface area contributed by atoms with Crippen LogP contribution in [0.25, 0.3) is 0 Å². The molecular formula is C17H20N2O2. The number of nitrogens with two attached hydrogens (primary N) is 2. The maximum absolute atomic E-state index is 10.5. The summed E-state index contributed by atoms with van der Waals surface area (Å²) in [4.78, 5) is 0. The standard InChI is InChI=1S/C17H20N2O2/c1-16(19)15(9-11-5-3-2-4-6-11)13-10-12(18)7-8-14(13)17(16,20)21/h2-8,10,15,20-21H,9,18-19H2,1H3. The van der Waals surface area contributed by atoms with Crippen molar-refractivity contribution in [2.24, 2.45) is 5.73 Å². The molecule has 2 unspecified atom stereocenters. The summed E-state index contributed by atoms with van der Waals surface area (Å²) in [5.74, 6) is -2.27. The van der Waals surface area contributed by atoms with Crippen LogP contribution in [0.5, 0.6) is 0 Å². The van der Waals surface area contributed by atoms with E-state index in [1.807, 2.05) is 30.3 Å². The summed E-state index contributed by atoms with van der Waals surface area (Å²) in [6.45, 7) is 1.68. The molecule has 2 atom stereocenters. The molecule has 1 aliphatic carbocycles. The van der Waals surface area contributed by atoms with Crippen molar-refractivity contribution < 1.29 is 10.2 Å². The zero-order valence-corrected chi connectivity index (χ0v) is 12.0. The number of fused-ring (bicyclic) bond motifs is 1. The third-order valence-electron chi connectivity index (χ3n) is 4.58. The van der Waals surface area contributed by atoms with Gasteiger partial charge in [0.25, 0.3) is 0 Å². The quantitative estimate of drug-likeness (QED) is 0.496. The lowest BCUT2D eigenvalue weighted by Crippen LogP contribution is -2.56. The predicted octanol–water partition coefficient (Wildman–Crippen LogP) is 1.46.